The van der Waals surface area contributed by atoms with Crippen LogP contribution in [0, 0.1) is 0 Å². The molecule has 3 rings (SSSR count). The summed E-state index contributed by atoms with van der Waals surface area (Å²) in [4.78, 5) is 49.5. The number of hydrogen-bond acceptors (Lipinski definition) is 6. The number of carbonyl (C=O) groups is 3. The van der Waals surface area contributed by atoms with Gasteiger partial charge >= 0.3 is 5.97 Å². The Morgan fingerprint density at radius 1 is 1.10 bits per heavy atom. The van der Waals surface area contributed by atoms with Gasteiger partial charge in [-0.1, -0.05) is 41.9 Å². The first kappa shape index (κ1) is 21.0. The van der Waals surface area contributed by atoms with Crippen molar-refractivity contribution < 1.29 is 19.1 Å². The van der Waals surface area contributed by atoms with Crippen molar-refractivity contribution in [3.8, 4) is 0 Å². The lowest BCUT2D eigenvalue weighted by Gasteiger charge is -2.17. The van der Waals surface area contributed by atoms with Crippen LogP contribution in [-0.4, -0.2) is 53.1 Å². The molecule has 0 atom stereocenters. The highest BCUT2D eigenvalue weighted by molar-refractivity contribution is 6.33. The van der Waals surface area contributed by atoms with Crippen molar-refractivity contribution >= 4 is 45.8 Å². The summed E-state index contributed by atoms with van der Waals surface area (Å²) in [6.45, 7) is -0.856. The predicted molar refractivity (Wildman–Crippen MR) is 110 cm³/mol. The molecule has 1 heterocycles. The van der Waals surface area contributed by atoms with Gasteiger partial charge in [-0.3, -0.25) is 14.4 Å². The van der Waals surface area contributed by atoms with E-state index >= 15 is 0 Å². The van der Waals surface area contributed by atoms with Crippen LogP contribution in [0.1, 0.15) is 10.5 Å². The monoisotopic (exact) mass is 428 g/mol. The average Bonchev–Trinajstić information content (AvgIpc) is 2.73. The summed E-state index contributed by atoms with van der Waals surface area (Å²) < 4.78 is 5.01. The van der Waals surface area contributed by atoms with Crippen molar-refractivity contribution in [2.24, 2.45) is 0 Å². The van der Waals surface area contributed by atoms with Crippen LogP contribution >= 0.6 is 11.6 Å². The van der Waals surface area contributed by atoms with E-state index in [0.29, 0.717) is 16.1 Å². The van der Waals surface area contributed by atoms with Crippen LogP contribution in [0.15, 0.2) is 53.3 Å². The molecular weight excluding hydrogens is 412 g/mol. The number of carbonyl (C=O) groups excluding carboxylic acids is 3. The van der Waals surface area contributed by atoms with Crippen LogP contribution in [0.4, 0.5) is 5.69 Å². The molecule has 0 bridgehead atoms. The van der Waals surface area contributed by atoms with E-state index in [9.17, 15) is 19.2 Å². The van der Waals surface area contributed by atoms with Crippen LogP contribution in [0.5, 0.6) is 0 Å². The minimum absolute atomic E-state index is 0.114. The van der Waals surface area contributed by atoms with Crippen molar-refractivity contribution in [3.63, 3.8) is 0 Å². The third-order valence-corrected chi connectivity index (χ3v) is 4.50. The summed E-state index contributed by atoms with van der Waals surface area (Å²) in [6.07, 6.45) is 0. The number of rotatable bonds is 6. The molecule has 0 radical (unpaired) electrons. The van der Waals surface area contributed by atoms with Gasteiger partial charge in [-0.25, -0.2) is 9.89 Å². The average molecular weight is 429 g/mol. The van der Waals surface area contributed by atoms with Gasteiger partial charge in [0.15, 0.2) is 12.3 Å². The summed E-state index contributed by atoms with van der Waals surface area (Å²) in [7, 11) is 1.40. The number of H-pyrrole nitrogens is 1. The maximum atomic E-state index is 12.3. The van der Waals surface area contributed by atoms with Crippen molar-refractivity contribution in [2.75, 3.05) is 25.5 Å². The van der Waals surface area contributed by atoms with Gasteiger partial charge in [0.25, 0.3) is 11.5 Å². The minimum Gasteiger partial charge on any atom is -0.451 e. The number of likely N-dealkylation sites (N-methyl/N-ethyl adjacent to an activating group) is 1. The number of aromatic amines is 1. The molecule has 0 spiro atoms. The Labute approximate surface area is 175 Å². The molecule has 0 fully saturated rings. The molecule has 0 aliphatic rings. The minimum atomic E-state index is -0.871. The number of ether oxygens (including phenoxy) is 1. The SMILES string of the molecule is CN(CC(=O)Nc1ccccc1Cl)C(=O)COC(=O)c1n[nH]c(=O)c2ccccc12. The fourth-order valence-corrected chi connectivity index (χ4v) is 2.82. The number of amides is 2. The fraction of sp³-hybridized carbons (Fsp3) is 0.150. The third kappa shape index (κ3) is 4.81. The van der Waals surface area contributed by atoms with E-state index in [-0.39, 0.29) is 17.6 Å². The van der Waals surface area contributed by atoms with Crippen molar-refractivity contribution in [1.82, 2.24) is 15.1 Å². The van der Waals surface area contributed by atoms with Crippen LogP contribution < -0.4 is 10.9 Å². The first-order chi connectivity index (χ1) is 14.4. The van der Waals surface area contributed by atoms with E-state index in [1.54, 1.807) is 48.5 Å². The van der Waals surface area contributed by atoms with Crippen LogP contribution in [0.3, 0.4) is 0 Å². The normalized spacial score (nSPS) is 10.5. The maximum absolute atomic E-state index is 12.3. The number of esters is 1. The number of hydrogen-bond donors (Lipinski definition) is 2. The Balaban J connectivity index is 1.58. The lowest BCUT2D eigenvalue weighted by atomic mass is 10.1. The topological polar surface area (TPSA) is 121 Å². The first-order valence-corrected chi connectivity index (χ1v) is 9.17. The fourth-order valence-electron chi connectivity index (χ4n) is 2.63. The second-order valence-corrected chi connectivity index (χ2v) is 6.71. The Morgan fingerprint density at radius 3 is 2.50 bits per heavy atom. The van der Waals surface area contributed by atoms with E-state index in [1.807, 2.05) is 0 Å². The summed E-state index contributed by atoms with van der Waals surface area (Å²) in [5.41, 5.74) is -0.132. The number of benzene rings is 2. The number of nitrogens with zero attached hydrogens (tertiary/aromatic N) is 2. The second-order valence-electron chi connectivity index (χ2n) is 6.30. The quantitative estimate of drug-likeness (QED) is 0.578. The Hall–Kier alpha value is -3.72. The van der Waals surface area contributed by atoms with Crippen molar-refractivity contribution in [3.05, 3.63) is 69.6 Å². The molecule has 0 aliphatic carbocycles. The Bertz CT molecular complexity index is 1180. The van der Waals surface area contributed by atoms with E-state index in [1.165, 1.54) is 7.05 Å². The predicted octanol–water partition coefficient (Wildman–Crippen LogP) is 1.83. The van der Waals surface area contributed by atoms with Gasteiger partial charge in [0.1, 0.15) is 0 Å². The largest absolute Gasteiger partial charge is 0.451 e. The van der Waals surface area contributed by atoms with Gasteiger partial charge in [-0.2, -0.15) is 5.10 Å². The number of nitrogens with one attached hydrogen (secondary N) is 2. The first-order valence-electron chi connectivity index (χ1n) is 8.79. The van der Waals surface area contributed by atoms with E-state index in [4.69, 9.17) is 16.3 Å². The van der Waals surface area contributed by atoms with Crippen LogP contribution in [0.25, 0.3) is 10.8 Å². The molecule has 10 heteroatoms. The lowest BCUT2D eigenvalue weighted by Crippen LogP contribution is -2.37. The highest BCUT2D eigenvalue weighted by Gasteiger charge is 2.19. The van der Waals surface area contributed by atoms with Crippen molar-refractivity contribution in [2.45, 2.75) is 0 Å². The van der Waals surface area contributed by atoms with E-state index < -0.39 is 29.9 Å². The summed E-state index contributed by atoms with van der Waals surface area (Å²) in [6, 6.07) is 13.1. The highest BCUT2D eigenvalue weighted by atomic mass is 35.5. The van der Waals surface area contributed by atoms with Gasteiger partial charge in [0.2, 0.25) is 5.91 Å². The number of aromatic nitrogens is 2. The molecule has 0 saturated carbocycles. The molecule has 9 nitrogen and oxygen atoms in total. The highest BCUT2D eigenvalue weighted by Crippen LogP contribution is 2.20. The molecule has 2 N–H and O–H groups in total. The number of fused-ring (bicyclic) bond motifs is 1. The molecule has 30 heavy (non-hydrogen) atoms. The smallest absolute Gasteiger partial charge is 0.359 e. The molecule has 2 amide bonds. The molecule has 2 aromatic carbocycles. The maximum Gasteiger partial charge on any atom is 0.359 e. The zero-order valence-corrected chi connectivity index (χ0v) is 16.6. The Kier molecular flexibility index (Phi) is 6.43. The van der Waals surface area contributed by atoms with Gasteiger partial charge in [0, 0.05) is 12.4 Å². The number of halogens is 1. The van der Waals surface area contributed by atoms with Gasteiger partial charge in [0.05, 0.1) is 22.6 Å². The molecular formula is C20H17ClN4O5. The summed E-state index contributed by atoms with van der Waals surface area (Å²) >= 11 is 5.98. The Morgan fingerprint density at radius 2 is 1.77 bits per heavy atom. The zero-order valence-electron chi connectivity index (χ0n) is 15.8. The standard InChI is InChI=1S/C20H17ClN4O5/c1-25(10-16(26)22-15-9-5-4-8-14(15)21)17(27)11-30-20(29)18-12-6-2-3-7-13(12)19(28)24-23-18/h2-9H,10-11H2,1H3,(H,22,26)(H,24,28). The van der Waals surface area contributed by atoms with E-state index in [2.05, 4.69) is 15.5 Å². The van der Waals surface area contributed by atoms with Crippen LogP contribution in [-0.2, 0) is 14.3 Å². The summed E-state index contributed by atoms with van der Waals surface area (Å²) in [5, 5.41) is 9.50. The molecule has 154 valence electrons. The molecule has 1 aromatic heterocycles. The summed E-state index contributed by atoms with van der Waals surface area (Å²) in [5.74, 6) is -1.92. The lowest BCUT2D eigenvalue weighted by molar-refractivity contribution is -0.136. The van der Waals surface area contributed by atoms with Gasteiger partial charge < -0.3 is 15.0 Å². The molecule has 0 aliphatic heterocycles. The molecule has 3 aromatic rings. The van der Waals surface area contributed by atoms with Gasteiger partial charge in [-0.05, 0) is 18.2 Å². The van der Waals surface area contributed by atoms with Crippen LogP contribution in [0.2, 0.25) is 5.02 Å². The zero-order chi connectivity index (χ0) is 21.7. The second kappa shape index (κ2) is 9.19. The molecule has 0 saturated heterocycles. The van der Waals surface area contributed by atoms with Crippen molar-refractivity contribution in [1.29, 1.82) is 0 Å². The molecule has 0 unspecified atom stereocenters. The van der Waals surface area contributed by atoms with Gasteiger partial charge in [-0.15, -0.1) is 0 Å². The number of anilines is 1. The number of para-hydroxylation sites is 1. The van der Waals surface area contributed by atoms with E-state index in [0.717, 1.165) is 4.90 Å². The third-order valence-electron chi connectivity index (χ3n) is 4.17.